The van der Waals surface area contributed by atoms with E-state index in [9.17, 15) is 14.4 Å². The molecule has 0 saturated carbocycles. The molecule has 0 aromatic heterocycles. The van der Waals surface area contributed by atoms with Crippen LogP contribution in [0.1, 0.15) is 45.6 Å². The van der Waals surface area contributed by atoms with Crippen LogP contribution in [0.25, 0.3) is 17.2 Å². The summed E-state index contributed by atoms with van der Waals surface area (Å²) in [4.78, 5) is 41.4. The van der Waals surface area contributed by atoms with Crippen LogP contribution in [0.5, 0.6) is 0 Å². The Balaban J connectivity index is 1.38. The third-order valence-corrected chi connectivity index (χ3v) is 7.65. The second kappa shape index (κ2) is 13.6. The number of rotatable bonds is 7. The number of methoxy groups -OCH3 is 2. The van der Waals surface area contributed by atoms with Crippen LogP contribution in [0.15, 0.2) is 109 Å². The van der Waals surface area contributed by atoms with E-state index < -0.39 is 36.1 Å². The van der Waals surface area contributed by atoms with Gasteiger partial charge in [-0.15, -0.1) is 0 Å². The molecule has 44 heavy (non-hydrogen) atoms. The molecule has 2 atom stereocenters. The third-order valence-electron chi connectivity index (χ3n) is 7.65. The molecule has 1 aliphatic carbocycles. The molecule has 220 valence electrons. The third kappa shape index (κ3) is 6.25. The molecule has 0 unspecified atom stereocenters. The zero-order valence-electron chi connectivity index (χ0n) is 24.7. The quantitative estimate of drug-likeness (QED) is 0.205. The van der Waals surface area contributed by atoms with Crippen LogP contribution in [0.3, 0.4) is 0 Å². The number of carbonyl (C=O) groups excluding carboxylic acids is 3. The molecule has 0 fully saturated rings. The first kappa shape index (κ1) is 29.9. The van der Waals surface area contributed by atoms with Crippen molar-refractivity contribution in [3.63, 3.8) is 0 Å². The maximum atomic E-state index is 13.4. The number of esters is 1. The van der Waals surface area contributed by atoms with Gasteiger partial charge in [0.15, 0.2) is 0 Å². The molecule has 0 bridgehead atoms. The summed E-state index contributed by atoms with van der Waals surface area (Å²) in [7, 11) is 2.54. The van der Waals surface area contributed by atoms with Gasteiger partial charge in [0.2, 0.25) is 0 Å². The molecule has 0 heterocycles. The lowest BCUT2D eigenvalue weighted by Crippen LogP contribution is -2.57. The Hall–Kier alpha value is -5.61. The van der Waals surface area contributed by atoms with Gasteiger partial charge in [0.25, 0.3) is 5.91 Å². The van der Waals surface area contributed by atoms with Gasteiger partial charge in [-0.25, -0.2) is 9.59 Å². The predicted octanol–water partition coefficient (Wildman–Crippen LogP) is 6.25. The molecule has 5 rings (SSSR count). The molecule has 4 aromatic rings. The number of hydrogen-bond donors (Lipinski definition) is 1. The van der Waals surface area contributed by atoms with Crippen LogP contribution in [-0.2, 0) is 14.3 Å². The average Bonchev–Trinajstić information content (AvgIpc) is 3.40. The van der Waals surface area contributed by atoms with Crippen LogP contribution >= 0.6 is 0 Å². The van der Waals surface area contributed by atoms with Gasteiger partial charge in [0.05, 0.1) is 26.3 Å². The highest BCUT2D eigenvalue weighted by atomic mass is 16.5. The lowest BCUT2D eigenvalue weighted by Gasteiger charge is -2.37. The number of amides is 2. The van der Waals surface area contributed by atoms with Gasteiger partial charge < -0.3 is 14.8 Å². The standard InChI is InChI=1S/C37H32N2O5/c1-25(39(37(42)44-3)34-31-19-11-9-17-29(31)30-18-10-12-20-32(30)34)33(36(41)43-2)38-35(40)28-23-21-27(22-24-28)16-8-7-15-26-13-5-4-6-14-26/h4-6,8-14,16-25,33-34H,1-3H3,(H,38,40)/b16-8+/t25-,33+/m1/s1. The van der Waals surface area contributed by atoms with Crippen LogP contribution < -0.4 is 5.32 Å². The minimum atomic E-state index is -1.18. The highest BCUT2D eigenvalue weighted by Gasteiger charge is 2.43. The van der Waals surface area contributed by atoms with Crippen LogP contribution in [0, 0.1) is 11.8 Å². The molecule has 0 radical (unpaired) electrons. The first-order valence-electron chi connectivity index (χ1n) is 14.2. The Bertz CT molecular complexity index is 1710. The molecule has 0 spiro atoms. The smallest absolute Gasteiger partial charge is 0.410 e. The van der Waals surface area contributed by atoms with Crippen LogP contribution in [0.4, 0.5) is 4.79 Å². The molecule has 2 amide bonds. The Morgan fingerprint density at radius 1 is 0.795 bits per heavy atom. The van der Waals surface area contributed by atoms with Gasteiger partial charge >= 0.3 is 12.1 Å². The lowest BCUT2D eigenvalue weighted by molar-refractivity contribution is -0.144. The fourth-order valence-corrected chi connectivity index (χ4v) is 5.46. The minimum Gasteiger partial charge on any atom is -0.467 e. The summed E-state index contributed by atoms with van der Waals surface area (Å²) in [5.74, 6) is 4.90. The lowest BCUT2D eigenvalue weighted by atomic mass is 9.99. The molecule has 7 heteroatoms. The Labute approximate surface area is 257 Å². The summed E-state index contributed by atoms with van der Waals surface area (Å²) in [6.45, 7) is 1.70. The number of allylic oxidation sites excluding steroid dienone is 1. The number of carbonyl (C=O) groups is 3. The van der Waals surface area contributed by atoms with Crippen molar-refractivity contribution in [1.29, 1.82) is 0 Å². The van der Waals surface area contributed by atoms with E-state index in [4.69, 9.17) is 9.47 Å². The molecule has 0 saturated heterocycles. The molecule has 7 nitrogen and oxygen atoms in total. The largest absolute Gasteiger partial charge is 0.467 e. The summed E-state index contributed by atoms with van der Waals surface area (Å²) in [6, 6.07) is 29.7. The van der Waals surface area contributed by atoms with Crippen molar-refractivity contribution in [3.05, 3.63) is 137 Å². The molecule has 4 aromatic carbocycles. The molecular formula is C37H32N2O5. The van der Waals surface area contributed by atoms with Crippen molar-refractivity contribution in [3.8, 4) is 23.0 Å². The van der Waals surface area contributed by atoms with Gasteiger partial charge in [0.1, 0.15) is 6.04 Å². The molecular weight excluding hydrogens is 552 g/mol. The average molecular weight is 585 g/mol. The molecule has 1 aliphatic rings. The fraction of sp³-hybridized carbons (Fsp3) is 0.162. The number of nitrogens with one attached hydrogen (secondary N) is 1. The second-order valence-electron chi connectivity index (χ2n) is 10.3. The topological polar surface area (TPSA) is 84.9 Å². The first-order valence-corrected chi connectivity index (χ1v) is 14.2. The van der Waals surface area contributed by atoms with E-state index in [0.717, 1.165) is 33.4 Å². The number of benzene rings is 4. The van der Waals surface area contributed by atoms with E-state index in [1.165, 1.54) is 19.1 Å². The normalized spacial score (nSPS) is 13.1. The molecule has 0 aliphatic heterocycles. The summed E-state index contributed by atoms with van der Waals surface area (Å²) < 4.78 is 10.3. The van der Waals surface area contributed by atoms with Crippen molar-refractivity contribution in [2.24, 2.45) is 0 Å². The summed E-state index contributed by atoms with van der Waals surface area (Å²) in [6.07, 6.45) is 2.96. The van der Waals surface area contributed by atoms with E-state index in [1.54, 1.807) is 37.3 Å². The Morgan fingerprint density at radius 2 is 1.39 bits per heavy atom. The zero-order chi connectivity index (χ0) is 31.1. The van der Waals surface area contributed by atoms with Crippen LogP contribution in [-0.4, -0.2) is 49.2 Å². The van der Waals surface area contributed by atoms with E-state index >= 15 is 0 Å². The van der Waals surface area contributed by atoms with Gasteiger partial charge in [0, 0.05) is 11.1 Å². The van der Waals surface area contributed by atoms with Crippen molar-refractivity contribution < 1.29 is 23.9 Å². The number of hydrogen-bond acceptors (Lipinski definition) is 5. The van der Waals surface area contributed by atoms with Crippen LogP contribution in [0.2, 0.25) is 0 Å². The summed E-state index contributed by atoms with van der Waals surface area (Å²) in [5, 5.41) is 2.80. The van der Waals surface area contributed by atoms with Gasteiger partial charge in [-0.05, 0) is 71.2 Å². The van der Waals surface area contributed by atoms with E-state index in [1.807, 2.05) is 84.9 Å². The van der Waals surface area contributed by atoms with Crippen molar-refractivity contribution in [2.75, 3.05) is 14.2 Å². The first-order chi connectivity index (χ1) is 21.4. The number of nitrogens with zero attached hydrogens (tertiary/aromatic N) is 1. The minimum absolute atomic E-state index is 0.347. The van der Waals surface area contributed by atoms with Gasteiger partial charge in [-0.3, -0.25) is 9.69 Å². The monoisotopic (exact) mass is 584 g/mol. The van der Waals surface area contributed by atoms with Crippen molar-refractivity contribution >= 4 is 24.0 Å². The highest BCUT2D eigenvalue weighted by molar-refractivity contribution is 5.97. The number of fused-ring (bicyclic) bond motifs is 3. The predicted molar refractivity (Wildman–Crippen MR) is 169 cm³/mol. The maximum absolute atomic E-state index is 13.4. The highest BCUT2D eigenvalue weighted by Crippen LogP contribution is 2.47. The Kier molecular flexibility index (Phi) is 9.22. The second-order valence-corrected chi connectivity index (χ2v) is 10.3. The van der Waals surface area contributed by atoms with Gasteiger partial charge in [-0.2, -0.15) is 0 Å². The zero-order valence-corrected chi connectivity index (χ0v) is 24.7. The van der Waals surface area contributed by atoms with E-state index in [2.05, 4.69) is 17.2 Å². The van der Waals surface area contributed by atoms with E-state index in [-0.39, 0.29) is 0 Å². The Morgan fingerprint density at radius 3 is 1.98 bits per heavy atom. The molecule has 1 N–H and O–H groups in total. The summed E-state index contributed by atoms with van der Waals surface area (Å²) in [5.41, 5.74) is 5.92. The SMILES string of the molecule is COC(=O)[C@@H](NC(=O)c1ccc(/C=C/C#Cc2ccccc2)cc1)[C@@H](C)N(C(=O)OC)C1c2ccccc2-c2ccccc21. The van der Waals surface area contributed by atoms with E-state index in [0.29, 0.717) is 5.56 Å². The number of ether oxygens (including phenoxy) is 2. The summed E-state index contributed by atoms with van der Waals surface area (Å²) >= 11 is 0. The van der Waals surface area contributed by atoms with Crippen molar-refractivity contribution in [2.45, 2.75) is 25.0 Å². The van der Waals surface area contributed by atoms with Gasteiger partial charge in [-0.1, -0.05) is 90.7 Å². The fourth-order valence-electron chi connectivity index (χ4n) is 5.46. The maximum Gasteiger partial charge on any atom is 0.410 e. The van der Waals surface area contributed by atoms with Crippen molar-refractivity contribution in [1.82, 2.24) is 10.2 Å².